The van der Waals surface area contributed by atoms with Crippen molar-refractivity contribution in [2.24, 2.45) is 11.3 Å². The second kappa shape index (κ2) is 8.77. The molecule has 1 aliphatic heterocycles. The Labute approximate surface area is 123 Å². The van der Waals surface area contributed by atoms with Gasteiger partial charge in [0, 0.05) is 26.2 Å². The molecule has 0 aromatic rings. The Morgan fingerprint density at radius 3 is 2.63 bits per heavy atom. The van der Waals surface area contributed by atoms with Crippen LogP contribution in [0.5, 0.6) is 0 Å². The minimum atomic E-state index is -0.113. The molecule has 19 heavy (non-hydrogen) atoms. The number of hydrogen-bond acceptors (Lipinski definition) is 4. The smallest absolute Gasteiger partial charge is 0.306 e. The van der Waals surface area contributed by atoms with Gasteiger partial charge in [-0.25, -0.2) is 0 Å². The quantitative estimate of drug-likeness (QED) is 0.728. The lowest BCUT2D eigenvalue weighted by molar-refractivity contribution is -0.141. The van der Waals surface area contributed by atoms with Gasteiger partial charge in [0.1, 0.15) is 0 Å². The van der Waals surface area contributed by atoms with Crippen molar-refractivity contribution in [3.05, 3.63) is 0 Å². The zero-order valence-corrected chi connectivity index (χ0v) is 13.5. The molecule has 0 aromatic carbocycles. The van der Waals surface area contributed by atoms with Crippen molar-refractivity contribution in [3.8, 4) is 0 Å². The minimum Gasteiger partial charge on any atom is -0.469 e. The highest BCUT2D eigenvalue weighted by Crippen LogP contribution is 2.26. The molecule has 0 saturated carbocycles. The van der Waals surface area contributed by atoms with Gasteiger partial charge < -0.3 is 15.0 Å². The molecule has 0 bridgehead atoms. The summed E-state index contributed by atoms with van der Waals surface area (Å²) in [5, 5.41) is 3.43. The first-order valence-corrected chi connectivity index (χ1v) is 6.95. The average Bonchev–Trinajstić information content (AvgIpc) is 2.71. The molecule has 1 saturated heterocycles. The molecule has 114 valence electrons. The molecule has 4 nitrogen and oxygen atoms in total. The summed E-state index contributed by atoms with van der Waals surface area (Å²) in [6.45, 7) is 11.9. The van der Waals surface area contributed by atoms with Crippen LogP contribution in [-0.2, 0) is 9.53 Å². The zero-order chi connectivity index (χ0) is 13.6. The third kappa shape index (κ3) is 7.14. The zero-order valence-electron chi connectivity index (χ0n) is 12.7. The highest BCUT2D eigenvalue weighted by atomic mass is 35.5. The number of rotatable bonds is 7. The van der Waals surface area contributed by atoms with Gasteiger partial charge in [-0.2, -0.15) is 0 Å². The molecular weight excluding hydrogens is 264 g/mol. The first kappa shape index (κ1) is 18.7. The Bertz CT molecular complexity index is 266. The van der Waals surface area contributed by atoms with Crippen LogP contribution in [0, 0.1) is 11.3 Å². The van der Waals surface area contributed by atoms with E-state index < -0.39 is 0 Å². The Hall–Kier alpha value is -0.320. The van der Waals surface area contributed by atoms with E-state index in [2.05, 4.69) is 31.0 Å². The van der Waals surface area contributed by atoms with Gasteiger partial charge >= 0.3 is 5.97 Å². The molecule has 1 fully saturated rings. The Morgan fingerprint density at radius 2 is 2.16 bits per heavy atom. The van der Waals surface area contributed by atoms with Gasteiger partial charge in [-0.1, -0.05) is 20.8 Å². The summed E-state index contributed by atoms with van der Waals surface area (Å²) >= 11 is 0. The van der Waals surface area contributed by atoms with Gasteiger partial charge in [0.05, 0.1) is 13.5 Å². The second-order valence-corrected chi connectivity index (χ2v) is 6.19. The minimum absolute atomic E-state index is 0. The van der Waals surface area contributed by atoms with Crippen LogP contribution < -0.4 is 5.32 Å². The van der Waals surface area contributed by atoms with Crippen LogP contribution in [0.2, 0.25) is 0 Å². The largest absolute Gasteiger partial charge is 0.469 e. The van der Waals surface area contributed by atoms with Crippen molar-refractivity contribution < 1.29 is 9.53 Å². The topological polar surface area (TPSA) is 41.6 Å². The number of carbonyl (C=O) groups is 1. The van der Waals surface area contributed by atoms with Crippen LogP contribution in [0.4, 0.5) is 0 Å². The summed E-state index contributed by atoms with van der Waals surface area (Å²) in [5.74, 6) is 0.513. The molecule has 0 radical (unpaired) electrons. The van der Waals surface area contributed by atoms with E-state index in [1.165, 1.54) is 13.5 Å². The average molecular weight is 293 g/mol. The molecule has 1 unspecified atom stereocenters. The van der Waals surface area contributed by atoms with Crippen LogP contribution in [-0.4, -0.2) is 50.7 Å². The molecule has 1 N–H and O–H groups in total. The van der Waals surface area contributed by atoms with E-state index >= 15 is 0 Å². The van der Waals surface area contributed by atoms with Crippen LogP contribution >= 0.6 is 12.4 Å². The lowest BCUT2D eigenvalue weighted by Gasteiger charge is -2.32. The van der Waals surface area contributed by atoms with Crippen LogP contribution in [0.25, 0.3) is 0 Å². The van der Waals surface area contributed by atoms with E-state index in [9.17, 15) is 4.79 Å². The molecular formula is C14H29ClN2O2. The van der Waals surface area contributed by atoms with E-state index in [0.717, 1.165) is 32.7 Å². The molecule has 1 atom stereocenters. The summed E-state index contributed by atoms with van der Waals surface area (Å²) < 4.78 is 4.72. The number of nitrogens with zero attached hydrogens (tertiary/aromatic N) is 1. The summed E-state index contributed by atoms with van der Waals surface area (Å²) in [6, 6.07) is 0. The van der Waals surface area contributed by atoms with E-state index in [1.54, 1.807) is 0 Å². The number of methoxy groups -OCH3 is 1. The summed E-state index contributed by atoms with van der Waals surface area (Å²) in [7, 11) is 1.46. The predicted molar refractivity (Wildman–Crippen MR) is 80.8 cm³/mol. The highest BCUT2D eigenvalue weighted by molar-refractivity contribution is 5.85. The third-order valence-electron chi connectivity index (χ3n) is 3.55. The van der Waals surface area contributed by atoms with E-state index in [-0.39, 0.29) is 18.4 Å². The Kier molecular flexibility index (Phi) is 8.62. The molecule has 1 aliphatic rings. The normalized spacial score (nSPS) is 22.6. The summed E-state index contributed by atoms with van der Waals surface area (Å²) in [4.78, 5) is 13.7. The first-order chi connectivity index (χ1) is 8.45. The molecule has 0 amide bonds. The van der Waals surface area contributed by atoms with Crippen LogP contribution in [0.3, 0.4) is 0 Å². The van der Waals surface area contributed by atoms with Gasteiger partial charge in [0.2, 0.25) is 0 Å². The first-order valence-electron chi connectivity index (χ1n) is 6.95. The number of esters is 1. The fourth-order valence-electron chi connectivity index (χ4n) is 2.65. The Morgan fingerprint density at radius 1 is 1.47 bits per heavy atom. The second-order valence-electron chi connectivity index (χ2n) is 6.19. The highest BCUT2D eigenvalue weighted by Gasteiger charge is 2.30. The molecule has 1 heterocycles. The number of halogens is 1. The maximum Gasteiger partial charge on any atom is 0.306 e. The van der Waals surface area contributed by atoms with Crippen molar-refractivity contribution in [2.75, 3.05) is 39.8 Å². The van der Waals surface area contributed by atoms with Crippen molar-refractivity contribution in [2.45, 2.75) is 33.6 Å². The summed E-state index contributed by atoms with van der Waals surface area (Å²) in [6.07, 6.45) is 1.71. The molecule has 0 aromatic heterocycles. The van der Waals surface area contributed by atoms with E-state index in [1.807, 2.05) is 0 Å². The van der Waals surface area contributed by atoms with Crippen LogP contribution in [0.1, 0.15) is 33.6 Å². The molecule has 0 spiro atoms. The van der Waals surface area contributed by atoms with Crippen molar-refractivity contribution >= 4 is 18.4 Å². The maximum atomic E-state index is 11.3. The van der Waals surface area contributed by atoms with Gasteiger partial charge in [0.25, 0.3) is 0 Å². The predicted octanol–water partition coefficient (Wildman–Crippen LogP) is 1.93. The number of nitrogens with one attached hydrogen (secondary N) is 1. The SMILES string of the molecule is COC(=O)CCN(CC(C)C)CC1(C)CCNC1.Cl. The standard InChI is InChI=1S/C14H28N2O2.ClH/c1-12(2)9-16(8-5-13(17)18-4)11-14(3)6-7-15-10-14;/h12,15H,5-11H2,1-4H3;1H. The lowest BCUT2D eigenvalue weighted by atomic mass is 9.89. The van der Waals surface area contributed by atoms with Crippen LogP contribution in [0.15, 0.2) is 0 Å². The Balaban J connectivity index is 0.00000324. The number of ether oxygens (including phenoxy) is 1. The van der Waals surface area contributed by atoms with Gasteiger partial charge in [0.15, 0.2) is 0 Å². The van der Waals surface area contributed by atoms with Crippen molar-refractivity contribution in [1.82, 2.24) is 10.2 Å². The fourth-order valence-corrected chi connectivity index (χ4v) is 2.65. The summed E-state index contributed by atoms with van der Waals surface area (Å²) in [5.41, 5.74) is 0.352. The van der Waals surface area contributed by atoms with Gasteiger partial charge in [-0.15, -0.1) is 12.4 Å². The van der Waals surface area contributed by atoms with E-state index in [0.29, 0.717) is 17.8 Å². The lowest BCUT2D eigenvalue weighted by Crippen LogP contribution is -2.40. The van der Waals surface area contributed by atoms with Gasteiger partial charge in [-0.05, 0) is 24.3 Å². The molecule has 1 rings (SSSR count). The van der Waals surface area contributed by atoms with E-state index in [4.69, 9.17) is 4.74 Å². The number of carbonyl (C=O) groups excluding carboxylic acids is 1. The van der Waals surface area contributed by atoms with Crippen molar-refractivity contribution in [3.63, 3.8) is 0 Å². The molecule has 0 aliphatic carbocycles. The fraction of sp³-hybridized carbons (Fsp3) is 0.929. The van der Waals surface area contributed by atoms with Gasteiger partial charge in [-0.3, -0.25) is 4.79 Å². The maximum absolute atomic E-state index is 11.3. The monoisotopic (exact) mass is 292 g/mol. The number of hydrogen-bond donors (Lipinski definition) is 1. The molecule has 5 heteroatoms. The van der Waals surface area contributed by atoms with Crippen molar-refractivity contribution in [1.29, 1.82) is 0 Å². The third-order valence-corrected chi connectivity index (χ3v) is 3.55.